The van der Waals surface area contributed by atoms with E-state index in [1.165, 1.54) is 0 Å². The van der Waals surface area contributed by atoms with Crippen LogP contribution in [0, 0.1) is 0 Å². The van der Waals surface area contributed by atoms with Crippen LogP contribution in [-0.4, -0.2) is 41.6 Å². The molecule has 0 aliphatic rings. The van der Waals surface area contributed by atoms with Gasteiger partial charge in [-0.3, -0.25) is 4.40 Å². The number of fused-ring (bicyclic) bond motifs is 1. The van der Waals surface area contributed by atoms with Crippen LogP contribution in [0.1, 0.15) is 19.5 Å². The minimum atomic E-state index is -0.0527. The standard InChI is InChI=1S/C19H25N5O2S.HI/c1-4-20-18(22-12-15-13-24-9-10-27-19(24)23-15)21-11-14(2)26-17-8-6-5-7-16(17)25-3;/h5-10,13-14H,4,11-12H2,1-3H3,(H2,20,21,22);1H. The Morgan fingerprint density at radius 3 is 2.79 bits per heavy atom. The Morgan fingerprint density at radius 2 is 2.07 bits per heavy atom. The van der Waals surface area contributed by atoms with Crippen molar-refractivity contribution >= 4 is 46.2 Å². The highest BCUT2D eigenvalue weighted by atomic mass is 127. The molecule has 0 amide bonds. The van der Waals surface area contributed by atoms with Crippen molar-refractivity contribution in [3.05, 3.63) is 47.7 Å². The van der Waals surface area contributed by atoms with E-state index in [4.69, 9.17) is 9.47 Å². The van der Waals surface area contributed by atoms with Crippen molar-refractivity contribution in [3.63, 3.8) is 0 Å². The molecule has 0 saturated carbocycles. The molecular formula is C19H26IN5O2S. The molecule has 0 saturated heterocycles. The van der Waals surface area contributed by atoms with Crippen LogP contribution in [0.25, 0.3) is 4.96 Å². The van der Waals surface area contributed by atoms with Crippen LogP contribution in [-0.2, 0) is 6.54 Å². The molecule has 28 heavy (non-hydrogen) atoms. The van der Waals surface area contributed by atoms with Crippen LogP contribution in [0.4, 0.5) is 0 Å². The number of hydrogen-bond acceptors (Lipinski definition) is 5. The number of para-hydroxylation sites is 2. The quantitative estimate of drug-likeness (QED) is 0.273. The normalized spacial score (nSPS) is 12.3. The predicted molar refractivity (Wildman–Crippen MR) is 124 cm³/mol. The maximum Gasteiger partial charge on any atom is 0.193 e. The zero-order valence-corrected chi connectivity index (χ0v) is 19.4. The van der Waals surface area contributed by atoms with Crippen LogP contribution in [0.2, 0.25) is 0 Å². The molecule has 1 atom stereocenters. The lowest BCUT2D eigenvalue weighted by Gasteiger charge is -2.19. The minimum Gasteiger partial charge on any atom is -0.493 e. The van der Waals surface area contributed by atoms with Gasteiger partial charge in [-0.2, -0.15) is 0 Å². The predicted octanol–water partition coefficient (Wildman–Crippen LogP) is 3.55. The fourth-order valence-electron chi connectivity index (χ4n) is 2.57. The van der Waals surface area contributed by atoms with Crippen LogP contribution < -0.4 is 20.1 Å². The van der Waals surface area contributed by atoms with Gasteiger partial charge in [-0.15, -0.1) is 35.3 Å². The lowest BCUT2D eigenvalue weighted by Crippen LogP contribution is -2.41. The second kappa shape index (κ2) is 11.1. The highest BCUT2D eigenvalue weighted by molar-refractivity contribution is 14.0. The highest BCUT2D eigenvalue weighted by Gasteiger charge is 2.09. The van der Waals surface area contributed by atoms with Crippen molar-refractivity contribution in [2.75, 3.05) is 20.2 Å². The topological polar surface area (TPSA) is 72.2 Å². The van der Waals surface area contributed by atoms with Crippen molar-refractivity contribution in [2.24, 2.45) is 4.99 Å². The summed E-state index contributed by atoms with van der Waals surface area (Å²) >= 11 is 1.62. The molecule has 0 aliphatic heterocycles. The zero-order valence-electron chi connectivity index (χ0n) is 16.2. The molecular weight excluding hydrogens is 489 g/mol. The second-order valence-electron chi connectivity index (χ2n) is 5.98. The molecule has 2 aromatic heterocycles. The number of nitrogens with one attached hydrogen (secondary N) is 2. The number of methoxy groups -OCH3 is 1. The van der Waals surface area contributed by atoms with Gasteiger partial charge in [-0.1, -0.05) is 12.1 Å². The van der Waals surface area contributed by atoms with Crippen molar-refractivity contribution < 1.29 is 9.47 Å². The summed E-state index contributed by atoms with van der Waals surface area (Å²) in [6, 6.07) is 7.64. The smallest absolute Gasteiger partial charge is 0.193 e. The Labute approximate surface area is 186 Å². The lowest BCUT2D eigenvalue weighted by molar-refractivity contribution is 0.213. The molecule has 152 valence electrons. The third-order valence-electron chi connectivity index (χ3n) is 3.84. The number of ether oxygens (including phenoxy) is 2. The highest BCUT2D eigenvalue weighted by Crippen LogP contribution is 2.26. The molecule has 1 unspecified atom stereocenters. The van der Waals surface area contributed by atoms with Crippen LogP contribution in [0.15, 0.2) is 47.0 Å². The number of hydrogen-bond donors (Lipinski definition) is 2. The van der Waals surface area contributed by atoms with E-state index in [9.17, 15) is 0 Å². The van der Waals surface area contributed by atoms with E-state index in [1.54, 1.807) is 18.4 Å². The summed E-state index contributed by atoms with van der Waals surface area (Å²) in [4.78, 5) is 10.2. The molecule has 0 bridgehead atoms. The average Bonchev–Trinajstić information content (AvgIpc) is 3.26. The summed E-state index contributed by atoms with van der Waals surface area (Å²) in [5, 5.41) is 8.58. The number of benzene rings is 1. The lowest BCUT2D eigenvalue weighted by atomic mass is 10.3. The van der Waals surface area contributed by atoms with E-state index in [0.29, 0.717) is 13.1 Å². The van der Waals surface area contributed by atoms with E-state index in [0.717, 1.165) is 34.7 Å². The van der Waals surface area contributed by atoms with Crippen molar-refractivity contribution in [1.29, 1.82) is 0 Å². The van der Waals surface area contributed by atoms with E-state index in [2.05, 4.69) is 20.6 Å². The van der Waals surface area contributed by atoms with E-state index < -0.39 is 0 Å². The van der Waals surface area contributed by atoms with Gasteiger partial charge in [0.2, 0.25) is 0 Å². The van der Waals surface area contributed by atoms with Gasteiger partial charge in [0.25, 0.3) is 0 Å². The molecule has 0 radical (unpaired) electrons. The van der Waals surface area contributed by atoms with Gasteiger partial charge in [-0.05, 0) is 26.0 Å². The number of imidazole rings is 1. The van der Waals surface area contributed by atoms with Crippen molar-refractivity contribution in [1.82, 2.24) is 20.0 Å². The first kappa shape index (κ1) is 22.3. The number of halogens is 1. The number of nitrogens with zero attached hydrogens (tertiary/aromatic N) is 3. The summed E-state index contributed by atoms with van der Waals surface area (Å²) in [5.41, 5.74) is 0.942. The largest absolute Gasteiger partial charge is 0.493 e. The molecule has 3 aromatic rings. The van der Waals surface area contributed by atoms with Crippen molar-refractivity contribution in [2.45, 2.75) is 26.5 Å². The summed E-state index contributed by atoms with van der Waals surface area (Å²) in [6.45, 7) is 5.96. The maximum atomic E-state index is 5.97. The molecule has 2 heterocycles. The Hall–Kier alpha value is -2.01. The molecule has 0 fully saturated rings. The third kappa shape index (κ3) is 5.99. The Bertz CT molecular complexity index is 867. The van der Waals surface area contributed by atoms with E-state index in [1.807, 2.05) is 60.3 Å². The van der Waals surface area contributed by atoms with Crippen LogP contribution in [0.5, 0.6) is 11.5 Å². The third-order valence-corrected chi connectivity index (χ3v) is 4.61. The van der Waals surface area contributed by atoms with Crippen LogP contribution in [0.3, 0.4) is 0 Å². The molecule has 0 aliphatic carbocycles. The van der Waals surface area contributed by atoms with Gasteiger partial charge in [-0.25, -0.2) is 9.98 Å². The zero-order chi connectivity index (χ0) is 19.1. The fourth-order valence-corrected chi connectivity index (χ4v) is 3.29. The number of thiazole rings is 1. The van der Waals surface area contributed by atoms with Crippen molar-refractivity contribution in [3.8, 4) is 11.5 Å². The first-order valence-electron chi connectivity index (χ1n) is 8.92. The molecule has 9 heteroatoms. The van der Waals surface area contributed by atoms with E-state index >= 15 is 0 Å². The minimum absolute atomic E-state index is 0. The van der Waals surface area contributed by atoms with Gasteiger partial charge in [0.05, 0.1) is 25.9 Å². The number of guanidine groups is 1. The average molecular weight is 515 g/mol. The summed E-state index contributed by atoms with van der Waals surface area (Å²) in [7, 11) is 1.64. The van der Waals surface area contributed by atoms with Gasteiger partial charge < -0.3 is 20.1 Å². The Morgan fingerprint density at radius 1 is 1.29 bits per heavy atom. The Kier molecular flexibility index (Phi) is 8.84. The second-order valence-corrected chi connectivity index (χ2v) is 6.85. The van der Waals surface area contributed by atoms with Gasteiger partial charge in [0.15, 0.2) is 22.4 Å². The molecule has 7 nitrogen and oxygen atoms in total. The number of aliphatic imine (C=N–C) groups is 1. The molecule has 0 spiro atoms. The first-order chi connectivity index (χ1) is 13.2. The van der Waals surface area contributed by atoms with Gasteiger partial charge in [0.1, 0.15) is 6.10 Å². The first-order valence-corrected chi connectivity index (χ1v) is 9.80. The van der Waals surface area contributed by atoms with E-state index in [-0.39, 0.29) is 30.1 Å². The fraction of sp³-hybridized carbons (Fsp3) is 0.368. The molecule has 3 rings (SSSR count). The monoisotopic (exact) mass is 515 g/mol. The van der Waals surface area contributed by atoms with Gasteiger partial charge in [0, 0.05) is 24.3 Å². The molecule has 2 N–H and O–H groups in total. The summed E-state index contributed by atoms with van der Waals surface area (Å²) in [6.07, 6.45) is 3.95. The number of aromatic nitrogens is 2. The van der Waals surface area contributed by atoms with Crippen LogP contribution >= 0.6 is 35.3 Å². The summed E-state index contributed by atoms with van der Waals surface area (Å²) in [5.74, 6) is 2.20. The number of rotatable bonds is 8. The van der Waals surface area contributed by atoms with Gasteiger partial charge >= 0.3 is 0 Å². The summed E-state index contributed by atoms with van der Waals surface area (Å²) < 4.78 is 13.3. The maximum absolute atomic E-state index is 5.97. The Balaban J connectivity index is 0.00000280. The SMILES string of the molecule is CCNC(=NCc1cn2ccsc2n1)NCC(C)Oc1ccccc1OC.I. The molecule has 1 aromatic carbocycles.